The molecule has 23 heavy (non-hydrogen) atoms. The first-order valence-corrected chi connectivity index (χ1v) is 8.44. The van der Waals surface area contributed by atoms with Crippen LogP contribution in [0.5, 0.6) is 5.75 Å². The molecule has 0 aliphatic heterocycles. The maximum atomic E-state index is 12.9. The van der Waals surface area contributed by atoms with E-state index in [0.717, 1.165) is 37.0 Å². The molecule has 0 spiro atoms. The SMILES string of the molecule is COc1ccc(C(C)(C)C(=O)N(C)CC2CCCCC2O)cc1. The Hall–Kier alpha value is -1.55. The molecule has 4 heteroatoms. The highest BCUT2D eigenvalue weighted by Crippen LogP contribution is 2.29. The number of hydrogen-bond acceptors (Lipinski definition) is 3. The van der Waals surface area contributed by atoms with Gasteiger partial charge in [0.15, 0.2) is 0 Å². The molecule has 1 aliphatic rings. The van der Waals surface area contributed by atoms with Gasteiger partial charge < -0.3 is 14.7 Å². The van der Waals surface area contributed by atoms with Gasteiger partial charge >= 0.3 is 0 Å². The molecule has 1 saturated carbocycles. The van der Waals surface area contributed by atoms with Crippen molar-refractivity contribution in [3.05, 3.63) is 29.8 Å². The number of carbonyl (C=O) groups is 1. The Labute approximate surface area is 139 Å². The number of benzene rings is 1. The summed E-state index contributed by atoms with van der Waals surface area (Å²) >= 11 is 0. The third-order valence-electron chi connectivity index (χ3n) is 5.07. The highest BCUT2D eigenvalue weighted by Gasteiger charge is 2.34. The van der Waals surface area contributed by atoms with E-state index < -0.39 is 5.41 Å². The highest BCUT2D eigenvalue weighted by atomic mass is 16.5. The molecule has 1 aromatic rings. The van der Waals surface area contributed by atoms with Crippen LogP contribution in [-0.2, 0) is 10.2 Å². The second kappa shape index (κ2) is 7.35. The van der Waals surface area contributed by atoms with Crippen molar-refractivity contribution in [2.24, 2.45) is 5.92 Å². The molecule has 2 unspecified atom stereocenters. The van der Waals surface area contributed by atoms with Crippen LogP contribution in [0.3, 0.4) is 0 Å². The molecular weight excluding hydrogens is 290 g/mol. The fourth-order valence-electron chi connectivity index (χ4n) is 3.44. The molecule has 0 bridgehead atoms. The van der Waals surface area contributed by atoms with E-state index in [-0.39, 0.29) is 17.9 Å². The number of amides is 1. The van der Waals surface area contributed by atoms with Gasteiger partial charge in [-0.25, -0.2) is 0 Å². The van der Waals surface area contributed by atoms with E-state index >= 15 is 0 Å². The van der Waals surface area contributed by atoms with Crippen molar-refractivity contribution < 1.29 is 14.6 Å². The summed E-state index contributed by atoms with van der Waals surface area (Å²) in [5.41, 5.74) is 0.375. The van der Waals surface area contributed by atoms with Gasteiger partial charge in [0.25, 0.3) is 0 Å². The summed E-state index contributed by atoms with van der Waals surface area (Å²) < 4.78 is 5.18. The molecule has 0 aromatic heterocycles. The first kappa shape index (κ1) is 17.8. The van der Waals surface area contributed by atoms with Crippen LogP contribution in [0.15, 0.2) is 24.3 Å². The Bertz CT molecular complexity index is 524. The van der Waals surface area contributed by atoms with E-state index in [0.29, 0.717) is 6.54 Å². The second-order valence-corrected chi connectivity index (χ2v) is 7.15. The van der Waals surface area contributed by atoms with Crippen LogP contribution in [0, 0.1) is 5.92 Å². The van der Waals surface area contributed by atoms with Gasteiger partial charge in [-0.1, -0.05) is 25.0 Å². The number of carbonyl (C=O) groups excluding carboxylic acids is 1. The van der Waals surface area contributed by atoms with Gasteiger partial charge in [0.2, 0.25) is 5.91 Å². The zero-order valence-corrected chi connectivity index (χ0v) is 14.7. The van der Waals surface area contributed by atoms with Crippen molar-refractivity contribution in [3.63, 3.8) is 0 Å². The van der Waals surface area contributed by atoms with Gasteiger partial charge in [-0.15, -0.1) is 0 Å². The summed E-state index contributed by atoms with van der Waals surface area (Å²) in [6, 6.07) is 7.66. The van der Waals surface area contributed by atoms with Crippen LogP contribution in [0.25, 0.3) is 0 Å². The standard InChI is InChI=1S/C19H29NO3/c1-19(2,15-9-11-16(23-4)12-10-15)18(22)20(3)13-14-7-5-6-8-17(14)21/h9-12,14,17,21H,5-8,13H2,1-4H3. The Balaban J connectivity index is 2.06. The summed E-state index contributed by atoms with van der Waals surface area (Å²) in [6.45, 7) is 4.52. The van der Waals surface area contributed by atoms with Crippen molar-refractivity contribution in [1.82, 2.24) is 4.90 Å². The Kier molecular flexibility index (Phi) is 5.69. The zero-order chi connectivity index (χ0) is 17.0. The van der Waals surface area contributed by atoms with E-state index in [1.54, 1.807) is 12.0 Å². The van der Waals surface area contributed by atoms with Crippen LogP contribution in [-0.4, -0.2) is 42.7 Å². The van der Waals surface area contributed by atoms with E-state index in [4.69, 9.17) is 4.74 Å². The number of hydrogen-bond donors (Lipinski definition) is 1. The number of aliphatic hydroxyl groups is 1. The summed E-state index contributed by atoms with van der Waals surface area (Å²) in [5.74, 6) is 1.07. The first-order chi connectivity index (χ1) is 10.9. The van der Waals surface area contributed by atoms with Gasteiger partial charge in [-0.3, -0.25) is 4.79 Å². The zero-order valence-electron chi connectivity index (χ0n) is 14.7. The maximum Gasteiger partial charge on any atom is 0.232 e. The lowest BCUT2D eigenvalue weighted by molar-refractivity contribution is -0.136. The molecule has 1 fully saturated rings. The van der Waals surface area contributed by atoms with E-state index in [9.17, 15) is 9.90 Å². The lowest BCUT2D eigenvalue weighted by Crippen LogP contribution is -2.45. The average Bonchev–Trinajstić information content (AvgIpc) is 2.56. The minimum atomic E-state index is -0.597. The largest absolute Gasteiger partial charge is 0.497 e. The number of aliphatic hydroxyl groups excluding tert-OH is 1. The van der Waals surface area contributed by atoms with Crippen molar-refractivity contribution in [2.75, 3.05) is 20.7 Å². The van der Waals surface area contributed by atoms with E-state index in [1.165, 1.54) is 0 Å². The minimum absolute atomic E-state index is 0.0837. The molecule has 2 atom stereocenters. The number of likely N-dealkylation sites (N-methyl/N-ethyl adjacent to an activating group) is 1. The first-order valence-electron chi connectivity index (χ1n) is 8.44. The van der Waals surface area contributed by atoms with Crippen molar-refractivity contribution >= 4 is 5.91 Å². The van der Waals surface area contributed by atoms with Crippen molar-refractivity contribution in [1.29, 1.82) is 0 Å². The highest BCUT2D eigenvalue weighted by molar-refractivity contribution is 5.87. The Morgan fingerprint density at radius 2 is 1.87 bits per heavy atom. The number of rotatable bonds is 5. The summed E-state index contributed by atoms with van der Waals surface area (Å²) in [6.07, 6.45) is 3.82. The van der Waals surface area contributed by atoms with Crippen LogP contribution in [0.1, 0.15) is 45.1 Å². The molecule has 0 saturated heterocycles. The van der Waals surface area contributed by atoms with Crippen LogP contribution >= 0.6 is 0 Å². The molecule has 0 heterocycles. The molecule has 1 aliphatic carbocycles. The number of methoxy groups -OCH3 is 1. The summed E-state index contributed by atoms with van der Waals surface area (Å²) in [4.78, 5) is 14.7. The van der Waals surface area contributed by atoms with Crippen molar-refractivity contribution in [2.45, 2.75) is 51.0 Å². The van der Waals surface area contributed by atoms with Crippen LogP contribution < -0.4 is 4.74 Å². The lowest BCUT2D eigenvalue weighted by Gasteiger charge is -2.35. The number of ether oxygens (including phenoxy) is 1. The van der Waals surface area contributed by atoms with Gasteiger partial charge in [-0.05, 0) is 44.4 Å². The predicted octanol–water partition coefficient (Wildman–Crippen LogP) is 2.98. The lowest BCUT2D eigenvalue weighted by atomic mass is 9.82. The Morgan fingerprint density at radius 3 is 2.43 bits per heavy atom. The third-order valence-corrected chi connectivity index (χ3v) is 5.07. The minimum Gasteiger partial charge on any atom is -0.497 e. The monoisotopic (exact) mass is 319 g/mol. The number of nitrogens with zero attached hydrogens (tertiary/aromatic N) is 1. The third kappa shape index (κ3) is 4.05. The molecule has 1 amide bonds. The van der Waals surface area contributed by atoms with Gasteiger partial charge in [-0.2, -0.15) is 0 Å². The molecule has 1 aromatic carbocycles. The Morgan fingerprint density at radius 1 is 1.26 bits per heavy atom. The molecule has 128 valence electrons. The van der Waals surface area contributed by atoms with Gasteiger partial charge in [0.05, 0.1) is 18.6 Å². The molecule has 1 N–H and O–H groups in total. The predicted molar refractivity (Wildman–Crippen MR) is 91.6 cm³/mol. The summed E-state index contributed by atoms with van der Waals surface area (Å²) in [7, 11) is 3.48. The quantitative estimate of drug-likeness (QED) is 0.908. The van der Waals surface area contributed by atoms with Crippen LogP contribution in [0.4, 0.5) is 0 Å². The van der Waals surface area contributed by atoms with Crippen molar-refractivity contribution in [3.8, 4) is 5.75 Å². The molecule has 2 rings (SSSR count). The normalized spacial score (nSPS) is 21.8. The topological polar surface area (TPSA) is 49.8 Å². The van der Waals surface area contributed by atoms with Gasteiger partial charge in [0.1, 0.15) is 5.75 Å². The van der Waals surface area contributed by atoms with Gasteiger partial charge in [0, 0.05) is 19.5 Å². The second-order valence-electron chi connectivity index (χ2n) is 7.15. The smallest absolute Gasteiger partial charge is 0.232 e. The fraction of sp³-hybridized carbons (Fsp3) is 0.632. The van der Waals surface area contributed by atoms with Crippen LogP contribution in [0.2, 0.25) is 0 Å². The van der Waals surface area contributed by atoms with E-state index in [1.807, 2.05) is 45.2 Å². The summed E-state index contributed by atoms with van der Waals surface area (Å²) in [5, 5.41) is 10.1. The maximum absolute atomic E-state index is 12.9. The molecule has 4 nitrogen and oxygen atoms in total. The van der Waals surface area contributed by atoms with E-state index in [2.05, 4.69) is 0 Å². The molecule has 0 radical (unpaired) electrons. The average molecular weight is 319 g/mol. The fourth-order valence-corrected chi connectivity index (χ4v) is 3.44. The molecular formula is C19H29NO3.